The molecule has 2 aromatic rings. The van der Waals surface area contributed by atoms with Gasteiger partial charge in [-0.1, -0.05) is 30.2 Å². The van der Waals surface area contributed by atoms with Crippen molar-refractivity contribution in [2.75, 3.05) is 18.0 Å². The molecule has 0 amide bonds. The van der Waals surface area contributed by atoms with Gasteiger partial charge in [0.15, 0.2) is 0 Å². The molecule has 2 heterocycles. The Morgan fingerprint density at radius 1 is 1.35 bits per heavy atom. The molecule has 0 bridgehead atoms. The molecule has 20 heavy (non-hydrogen) atoms. The molecule has 0 spiro atoms. The second kappa shape index (κ2) is 4.92. The highest BCUT2D eigenvalue weighted by Gasteiger charge is 2.37. The molecule has 1 aromatic carbocycles. The average molecular weight is 273 g/mol. The Morgan fingerprint density at radius 3 is 2.70 bits per heavy atom. The van der Waals surface area contributed by atoms with E-state index in [0.29, 0.717) is 19.0 Å². The van der Waals surface area contributed by atoms with Gasteiger partial charge in [-0.2, -0.15) is 4.68 Å². The Balaban J connectivity index is 1.75. The number of carboxylic acid groups (broad SMARTS) is 1. The highest BCUT2D eigenvalue weighted by atomic mass is 16.4. The van der Waals surface area contributed by atoms with E-state index in [0.717, 1.165) is 5.69 Å². The summed E-state index contributed by atoms with van der Waals surface area (Å²) in [6, 6.07) is 9.63. The minimum absolute atomic E-state index is 0.147. The van der Waals surface area contributed by atoms with Crippen LogP contribution in [0.4, 0.5) is 5.95 Å². The average Bonchev–Trinajstić information content (AvgIpc) is 2.87. The van der Waals surface area contributed by atoms with Gasteiger partial charge < -0.3 is 10.0 Å². The quantitative estimate of drug-likeness (QED) is 0.887. The number of nitrogens with zero attached hydrogens (tertiary/aromatic N) is 5. The third-order valence-corrected chi connectivity index (χ3v) is 3.74. The summed E-state index contributed by atoms with van der Waals surface area (Å²) in [5, 5.41) is 20.7. The number of hydrogen-bond donors (Lipinski definition) is 1. The van der Waals surface area contributed by atoms with Crippen LogP contribution in [0, 0.1) is 11.8 Å². The molecule has 0 radical (unpaired) electrons. The van der Waals surface area contributed by atoms with Crippen molar-refractivity contribution in [1.82, 2.24) is 20.2 Å². The summed E-state index contributed by atoms with van der Waals surface area (Å²) < 4.78 is 1.67. The first-order valence-corrected chi connectivity index (χ1v) is 6.48. The van der Waals surface area contributed by atoms with E-state index in [1.807, 2.05) is 35.2 Å². The van der Waals surface area contributed by atoms with Gasteiger partial charge in [-0.25, -0.2) is 0 Å². The lowest BCUT2D eigenvalue weighted by atomic mass is 9.87. The molecular weight excluding hydrogens is 258 g/mol. The molecule has 3 rings (SSSR count). The van der Waals surface area contributed by atoms with Crippen LogP contribution in [-0.4, -0.2) is 44.4 Å². The van der Waals surface area contributed by atoms with Crippen molar-refractivity contribution in [3.05, 3.63) is 30.3 Å². The van der Waals surface area contributed by atoms with Crippen LogP contribution in [0.15, 0.2) is 30.3 Å². The molecule has 1 fully saturated rings. The number of carbonyl (C=O) groups is 1. The highest BCUT2D eigenvalue weighted by molar-refractivity contribution is 5.70. The maximum atomic E-state index is 11.0. The fourth-order valence-corrected chi connectivity index (χ4v) is 2.31. The Hall–Kier alpha value is -2.44. The maximum absolute atomic E-state index is 11.0. The van der Waals surface area contributed by atoms with Gasteiger partial charge >= 0.3 is 5.97 Å². The number of para-hydroxylation sites is 1. The summed E-state index contributed by atoms with van der Waals surface area (Å²) >= 11 is 0. The highest BCUT2D eigenvalue weighted by Crippen LogP contribution is 2.28. The van der Waals surface area contributed by atoms with Gasteiger partial charge in [-0.3, -0.25) is 4.79 Å². The molecule has 1 aliphatic heterocycles. The number of benzene rings is 1. The summed E-state index contributed by atoms with van der Waals surface area (Å²) in [6.07, 6.45) is 0. The number of rotatable bonds is 4. The predicted octanol–water partition coefficient (Wildman–Crippen LogP) is 0.819. The summed E-state index contributed by atoms with van der Waals surface area (Å²) in [7, 11) is 0. The smallest absolute Gasteiger partial charge is 0.306 e. The Bertz CT molecular complexity index is 606. The van der Waals surface area contributed by atoms with E-state index >= 15 is 0 Å². The number of hydrogen-bond acceptors (Lipinski definition) is 5. The molecule has 0 aliphatic carbocycles. The molecule has 104 valence electrons. The minimum Gasteiger partial charge on any atom is -0.481 e. The summed E-state index contributed by atoms with van der Waals surface area (Å²) in [5.74, 6) is -0.289. The van der Waals surface area contributed by atoms with Gasteiger partial charge in [0.05, 0.1) is 11.6 Å². The number of aromatic nitrogens is 4. The van der Waals surface area contributed by atoms with Crippen molar-refractivity contribution in [2.24, 2.45) is 11.8 Å². The first-order chi connectivity index (χ1) is 9.66. The van der Waals surface area contributed by atoms with E-state index in [4.69, 9.17) is 5.11 Å². The summed E-state index contributed by atoms with van der Waals surface area (Å²) in [6.45, 7) is 3.08. The maximum Gasteiger partial charge on any atom is 0.306 e. The van der Waals surface area contributed by atoms with Gasteiger partial charge in [-0.15, -0.1) is 0 Å². The Kier molecular flexibility index (Phi) is 3.09. The van der Waals surface area contributed by atoms with Crippen molar-refractivity contribution in [1.29, 1.82) is 0 Å². The van der Waals surface area contributed by atoms with E-state index in [9.17, 15) is 4.79 Å². The monoisotopic (exact) mass is 273 g/mol. The van der Waals surface area contributed by atoms with Gasteiger partial charge in [0, 0.05) is 19.0 Å². The lowest BCUT2D eigenvalue weighted by Gasteiger charge is -2.41. The Morgan fingerprint density at radius 2 is 2.05 bits per heavy atom. The van der Waals surface area contributed by atoms with Crippen LogP contribution in [0.5, 0.6) is 0 Å². The second-order valence-electron chi connectivity index (χ2n) is 5.02. The molecular formula is C13H15N5O2. The zero-order chi connectivity index (χ0) is 14.1. The largest absolute Gasteiger partial charge is 0.481 e. The van der Waals surface area contributed by atoms with Crippen LogP contribution < -0.4 is 4.90 Å². The van der Waals surface area contributed by atoms with Crippen LogP contribution in [-0.2, 0) is 4.79 Å². The molecule has 1 N–H and O–H groups in total. The minimum atomic E-state index is -0.752. The summed E-state index contributed by atoms with van der Waals surface area (Å²) in [4.78, 5) is 12.9. The zero-order valence-electron chi connectivity index (χ0n) is 11.0. The van der Waals surface area contributed by atoms with Crippen molar-refractivity contribution >= 4 is 11.9 Å². The number of aliphatic carboxylic acids is 1. The lowest BCUT2D eigenvalue weighted by molar-refractivity contribution is -0.143. The number of carboxylic acids is 1. The SMILES string of the molecule is CC(C(=O)O)C1CN(c2nnnn2-c2ccccc2)C1. The zero-order valence-corrected chi connectivity index (χ0v) is 11.0. The number of tetrazole rings is 1. The van der Waals surface area contributed by atoms with E-state index in [1.54, 1.807) is 11.6 Å². The van der Waals surface area contributed by atoms with E-state index < -0.39 is 5.97 Å². The fraction of sp³-hybridized carbons (Fsp3) is 0.385. The molecule has 7 heteroatoms. The topological polar surface area (TPSA) is 84.1 Å². The van der Waals surface area contributed by atoms with Gasteiger partial charge in [-0.05, 0) is 22.6 Å². The van der Waals surface area contributed by atoms with E-state index in [2.05, 4.69) is 15.5 Å². The predicted molar refractivity (Wildman–Crippen MR) is 71.7 cm³/mol. The molecule has 1 saturated heterocycles. The summed E-state index contributed by atoms with van der Waals surface area (Å²) in [5.41, 5.74) is 0.891. The molecule has 7 nitrogen and oxygen atoms in total. The first kappa shape index (κ1) is 12.6. The van der Waals surface area contributed by atoms with Gasteiger partial charge in [0.2, 0.25) is 5.95 Å². The van der Waals surface area contributed by atoms with Crippen LogP contribution in [0.25, 0.3) is 5.69 Å². The first-order valence-electron chi connectivity index (χ1n) is 6.48. The molecule has 1 aliphatic rings. The van der Waals surface area contributed by atoms with Crippen molar-refractivity contribution in [2.45, 2.75) is 6.92 Å². The lowest BCUT2D eigenvalue weighted by Crippen LogP contribution is -2.52. The van der Waals surface area contributed by atoms with Crippen LogP contribution in [0.1, 0.15) is 6.92 Å². The molecule has 1 atom stereocenters. The second-order valence-corrected chi connectivity index (χ2v) is 5.02. The third-order valence-electron chi connectivity index (χ3n) is 3.74. The van der Waals surface area contributed by atoms with Gasteiger partial charge in [0.25, 0.3) is 0 Å². The van der Waals surface area contributed by atoms with Crippen LogP contribution in [0.3, 0.4) is 0 Å². The van der Waals surface area contributed by atoms with Crippen LogP contribution >= 0.6 is 0 Å². The van der Waals surface area contributed by atoms with Crippen molar-refractivity contribution in [3.63, 3.8) is 0 Å². The Labute approximate surface area is 115 Å². The third kappa shape index (κ3) is 2.11. The van der Waals surface area contributed by atoms with E-state index in [1.165, 1.54) is 0 Å². The van der Waals surface area contributed by atoms with Crippen molar-refractivity contribution < 1.29 is 9.90 Å². The van der Waals surface area contributed by atoms with Crippen molar-refractivity contribution in [3.8, 4) is 5.69 Å². The molecule has 0 saturated carbocycles. The van der Waals surface area contributed by atoms with E-state index in [-0.39, 0.29) is 11.8 Å². The van der Waals surface area contributed by atoms with Crippen LogP contribution in [0.2, 0.25) is 0 Å². The fourth-order valence-electron chi connectivity index (χ4n) is 2.31. The molecule has 1 aromatic heterocycles. The van der Waals surface area contributed by atoms with Gasteiger partial charge in [0.1, 0.15) is 0 Å². The normalized spacial score (nSPS) is 16.8. The molecule has 1 unspecified atom stereocenters. The standard InChI is InChI=1S/C13H15N5O2/c1-9(12(19)20)10-7-17(8-10)13-14-15-16-18(13)11-5-3-2-4-6-11/h2-6,9-10H,7-8H2,1H3,(H,19,20). The number of anilines is 1.